The molecule has 6 rings (SSSR count). The van der Waals surface area contributed by atoms with Gasteiger partial charge in [0.1, 0.15) is 18.1 Å². The van der Waals surface area contributed by atoms with Crippen molar-refractivity contribution in [2.24, 2.45) is 22.2 Å². The molecule has 66 heavy (non-hydrogen) atoms. The number of nitrogens with one attached hydrogen (secondary N) is 2. The number of carbonyl (C=O) groups is 5. The van der Waals surface area contributed by atoms with E-state index in [0.717, 1.165) is 44.7 Å². The molecule has 3 aliphatic rings. The molecule has 2 fully saturated rings. The number of methoxy groups -OCH3 is 1. The van der Waals surface area contributed by atoms with Gasteiger partial charge in [-0.3, -0.25) is 34.0 Å². The van der Waals surface area contributed by atoms with Gasteiger partial charge < -0.3 is 29.2 Å². The quantitative estimate of drug-likeness (QED) is 0.104. The fourth-order valence-electron chi connectivity index (χ4n) is 9.42. The Labute approximate surface area is 393 Å². The van der Waals surface area contributed by atoms with E-state index in [9.17, 15) is 24.0 Å². The maximum atomic E-state index is 14.6. The predicted octanol–water partition coefficient (Wildman–Crippen LogP) is 5.81. The molecule has 15 nitrogen and oxygen atoms in total. The summed E-state index contributed by atoms with van der Waals surface area (Å²) in [6, 6.07) is 3.48. The standard InChI is InChI=1S/C50H66N8O7S/c1-12-17-42(59)56-23-21-33(27-56)47(61)55(10)44(30(5)6)46(60)53-38-25-41-52-39(28-66-41)32-19-20-40-35(24-32)36(45(57(40)15-4)34(13-2)43(51-14-3)31(7)64-11)26-50(8,9)29-65-49(63)37-18-16-22-58(54-37)48(38)62/h13-14,19-20,24,28,30-31,33,37-38,44,54H,2,15-16,18,21-23,25-27,29H2,1,3-11H3,(H,53,60)/b43-34+,51-14-/t31-,33-,37-,38-,44-/m0/s1. The SMILES string of the molecule is C=C/C(=C(\N=C/C)[C@H](C)OC)c1c2c3cc(ccc3n1CC)-c1csc(n1)C[C@H](NC(=O)[C@H](C(C)C)N(C)C(=O)[C@H]1CCN(C(=O)C#CC)C1)C(=O)N1CCC[C@H](N1)C(=O)OCC(C)(C)C2. The Kier molecular flexibility index (Phi) is 16.1. The van der Waals surface area contributed by atoms with Crippen molar-refractivity contribution in [1.82, 2.24) is 35.1 Å². The fourth-order valence-corrected chi connectivity index (χ4v) is 10.3. The molecule has 5 heterocycles. The van der Waals surface area contributed by atoms with Gasteiger partial charge in [-0.2, -0.15) is 0 Å². The van der Waals surface area contributed by atoms with Crippen LogP contribution in [0.2, 0.25) is 0 Å². The Balaban J connectivity index is 1.41. The van der Waals surface area contributed by atoms with E-state index < -0.39 is 47.2 Å². The van der Waals surface area contributed by atoms with Gasteiger partial charge in [-0.15, -0.1) is 11.3 Å². The lowest BCUT2D eigenvalue weighted by atomic mass is 9.84. The van der Waals surface area contributed by atoms with Crippen LogP contribution in [0.3, 0.4) is 0 Å². The van der Waals surface area contributed by atoms with Crippen molar-refractivity contribution in [3.05, 3.63) is 58.2 Å². The zero-order valence-electron chi connectivity index (χ0n) is 40.2. The Bertz CT molecular complexity index is 2470. The van der Waals surface area contributed by atoms with Gasteiger partial charge in [0.05, 0.1) is 40.7 Å². The molecule has 1 aromatic carbocycles. The van der Waals surface area contributed by atoms with Crippen molar-refractivity contribution in [2.45, 2.75) is 118 Å². The summed E-state index contributed by atoms with van der Waals surface area (Å²) in [5, 5.41) is 8.02. The maximum absolute atomic E-state index is 14.6. The van der Waals surface area contributed by atoms with Crippen LogP contribution in [0.4, 0.5) is 0 Å². The van der Waals surface area contributed by atoms with Crippen molar-refractivity contribution in [1.29, 1.82) is 0 Å². The number of allylic oxidation sites excluding steroid dienone is 2. The van der Waals surface area contributed by atoms with E-state index in [1.165, 1.54) is 21.2 Å². The van der Waals surface area contributed by atoms with Crippen molar-refractivity contribution < 1.29 is 33.4 Å². The van der Waals surface area contributed by atoms with E-state index >= 15 is 0 Å². The van der Waals surface area contributed by atoms with Crippen LogP contribution in [-0.2, 0) is 52.8 Å². The molecule has 2 aromatic heterocycles. The van der Waals surface area contributed by atoms with Crippen LogP contribution in [0.25, 0.3) is 27.7 Å². The Morgan fingerprint density at radius 3 is 2.62 bits per heavy atom. The highest BCUT2D eigenvalue weighted by Crippen LogP contribution is 2.40. The second-order valence-electron chi connectivity index (χ2n) is 18.5. The minimum Gasteiger partial charge on any atom is -0.464 e. The van der Waals surface area contributed by atoms with Crippen molar-refractivity contribution >= 4 is 63.6 Å². The van der Waals surface area contributed by atoms with E-state index in [1.807, 2.05) is 45.2 Å². The first-order chi connectivity index (χ1) is 31.5. The molecule has 354 valence electrons. The normalized spacial score (nSPS) is 21.4. The van der Waals surface area contributed by atoms with Gasteiger partial charge in [0.25, 0.3) is 11.8 Å². The van der Waals surface area contributed by atoms with Gasteiger partial charge in [-0.1, -0.05) is 52.3 Å². The van der Waals surface area contributed by atoms with Crippen LogP contribution >= 0.6 is 11.3 Å². The molecule has 4 amide bonds. The molecular formula is C50H66N8O7S. The monoisotopic (exact) mass is 922 g/mol. The third-order valence-corrected chi connectivity index (χ3v) is 13.7. The van der Waals surface area contributed by atoms with Gasteiger partial charge >= 0.3 is 5.97 Å². The molecule has 2 N–H and O–H groups in total. The number of amides is 4. The molecule has 3 aliphatic heterocycles. The summed E-state index contributed by atoms with van der Waals surface area (Å²) in [4.78, 5) is 82.2. The zero-order chi connectivity index (χ0) is 48.0. The summed E-state index contributed by atoms with van der Waals surface area (Å²) in [7, 11) is 3.26. The molecule has 0 spiro atoms. The van der Waals surface area contributed by atoms with Crippen LogP contribution in [-0.4, -0.2) is 125 Å². The average Bonchev–Trinajstić information content (AvgIpc) is 4.05. The number of carbonyl (C=O) groups excluding carboxylic acids is 5. The number of fused-ring (bicyclic) bond motifs is 6. The topological polar surface area (TPSA) is 168 Å². The van der Waals surface area contributed by atoms with Crippen molar-refractivity contribution in [3.63, 3.8) is 0 Å². The number of cyclic esters (lactones) is 1. The molecule has 0 radical (unpaired) electrons. The van der Waals surface area contributed by atoms with Crippen LogP contribution < -0.4 is 10.7 Å². The zero-order valence-corrected chi connectivity index (χ0v) is 41.0. The third-order valence-electron chi connectivity index (χ3n) is 12.8. The number of benzene rings is 1. The third kappa shape index (κ3) is 10.6. The lowest BCUT2D eigenvalue weighted by Gasteiger charge is -2.36. The number of ether oxygens (including phenoxy) is 2. The predicted molar refractivity (Wildman–Crippen MR) is 258 cm³/mol. The van der Waals surface area contributed by atoms with Gasteiger partial charge in [-0.05, 0) is 82.9 Å². The highest BCUT2D eigenvalue weighted by molar-refractivity contribution is 7.10. The number of hydrogen-bond donors (Lipinski definition) is 2. The number of nitrogens with zero attached hydrogens (tertiary/aromatic N) is 6. The van der Waals surface area contributed by atoms with Gasteiger partial charge in [-0.25, -0.2) is 10.4 Å². The molecule has 5 atom stereocenters. The summed E-state index contributed by atoms with van der Waals surface area (Å²) in [6.45, 7) is 21.3. The molecule has 0 saturated carbocycles. The molecular weight excluding hydrogens is 857 g/mol. The summed E-state index contributed by atoms with van der Waals surface area (Å²) >= 11 is 1.39. The van der Waals surface area contributed by atoms with Gasteiger partial charge in [0, 0.05) is 85.8 Å². The highest BCUT2D eigenvalue weighted by Gasteiger charge is 2.40. The molecule has 2 saturated heterocycles. The second-order valence-corrected chi connectivity index (χ2v) is 19.4. The van der Waals surface area contributed by atoms with Crippen LogP contribution in [0.1, 0.15) is 90.9 Å². The molecule has 3 aromatic rings. The van der Waals surface area contributed by atoms with E-state index in [0.29, 0.717) is 50.3 Å². The van der Waals surface area contributed by atoms with Crippen molar-refractivity contribution in [2.75, 3.05) is 40.4 Å². The number of likely N-dealkylation sites (N-methyl/N-ethyl adjacent to an activating group) is 1. The number of hydrazine groups is 1. The number of rotatable bonds is 11. The Hall–Kier alpha value is -5.63. The summed E-state index contributed by atoms with van der Waals surface area (Å²) in [5.41, 5.74) is 8.81. The fraction of sp³-hybridized carbons (Fsp3) is 0.540. The second kappa shape index (κ2) is 21.3. The lowest BCUT2D eigenvalue weighted by molar-refractivity contribution is -0.155. The number of aryl methyl sites for hydroxylation is 1. The highest BCUT2D eigenvalue weighted by atomic mass is 32.1. The van der Waals surface area contributed by atoms with E-state index in [4.69, 9.17) is 19.5 Å². The minimum absolute atomic E-state index is 0.0626. The summed E-state index contributed by atoms with van der Waals surface area (Å²) < 4.78 is 14.2. The molecule has 6 bridgehead atoms. The van der Waals surface area contributed by atoms with Gasteiger partial charge in [0.15, 0.2) is 0 Å². The number of thiazole rings is 1. The molecule has 16 heteroatoms. The number of aliphatic imine (C=N–C) groups is 1. The largest absolute Gasteiger partial charge is 0.464 e. The average molecular weight is 923 g/mol. The Morgan fingerprint density at radius 1 is 1.20 bits per heavy atom. The van der Waals surface area contributed by atoms with E-state index in [1.54, 1.807) is 32.2 Å². The first kappa shape index (κ1) is 49.8. The lowest BCUT2D eigenvalue weighted by Crippen LogP contribution is -2.62. The minimum atomic E-state index is -1.10. The van der Waals surface area contributed by atoms with Crippen LogP contribution in [0, 0.1) is 29.1 Å². The number of aromatic nitrogens is 2. The number of esters is 1. The van der Waals surface area contributed by atoms with Crippen molar-refractivity contribution in [3.8, 4) is 23.1 Å². The van der Waals surface area contributed by atoms with Gasteiger partial charge in [0.2, 0.25) is 11.8 Å². The summed E-state index contributed by atoms with van der Waals surface area (Å²) in [6.07, 6.45) is 5.32. The van der Waals surface area contributed by atoms with Crippen LogP contribution in [0.5, 0.6) is 0 Å². The maximum Gasteiger partial charge on any atom is 0.324 e. The first-order valence-corrected chi connectivity index (χ1v) is 23.9. The first-order valence-electron chi connectivity index (χ1n) is 23.0. The van der Waals surface area contributed by atoms with E-state index in [-0.39, 0.29) is 43.4 Å². The number of hydrogen-bond acceptors (Lipinski definition) is 11. The number of likely N-dealkylation sites (tertiary alicyclic amines) is 1. The van der Waals surface area contributed by atoms with E-state index in [2.05, 4.69) is 66.6 Å². The summed E-state index contributed by atoms with van der Waals surface area (Å²) in [5.74, 6) is 2.36. The molecule has 0 unspecified atom stereocenters. The smallest absolute Gasteiger partial charge is 0.324 e. The Morgan fingerprint density at radius 2 is 1.95 bits per heavy atom. The van der Waals surface area contributed by atoms with Crippen LogP contribution in [0.15, 0.2) is 46.9 Å². The molecule has 0 aliphatic carbocycles.